The number of pyridine rings is 1. The number of aromatic amines is 1. The number of rotatable bonds is 3. The van der Waals surface area contributed by atoms with Crippen molar-refractivity contribution >= 4 is 0 Å². The predicted molar refractivity (Wildman–Crippen MR) is 56.3 cm³/mol. The van der Waals surface area contributed by atoms with Crippen LogP contribution in [0.5, 0.6) is 0 Å². The van der Waals surface area contributed by atoms with Crippen LogP contribution in [0.4, 0.5) is 0 Å². The second-order valence-electron chi connectivity index (χ2n) is 3.46. The molecule has 2 heterocycles. The molecule has 4 nitrogen and oxygen atoms in total. The SMILES string of the molecule is C[C@H](c1cnc[nH]1)c1ccncc1CO. The number of imidazole rings is 1. The van der Waals surface area contributed by atoms with E-state index in [1.165, 1.54) is 0 Å². The monoisotopic (exact) mass is 203 g/mol. The van der Waals surface area contributed by atoms with Gasteiger partial charge in [0, 0.05) is 30.2 Å². The van der Waals surface area contributed by atoms with E-state index < -0.39 is 0 Å². The summed E-state index contributed by atoms with van der Waals surface area (Å²) in [5.74, 6) is 0.192. The zero-order valence-corrected chi connectivity index (χ0v) is 8.51. The van der Waals surface area contributed by atoms with Gasteiger partial charge in [0.05, 0.1) is 12.9 Å². The highest BCUT2D eigenvalue weighted by atomic mass is 16.3. The van der Waals surface area contributed by atoms with Gasteiger partial charge in [-0.1, -0.05) is 6.92 Å². The Hall–Kier alpha value is -1.68. The average Bonchev–Trinajstić information content (AvgIpc) is 2.81. The van der Waals surface area contributed by atoms with E-state index in [4.69, 9.17) is 0 Å². The summed E-state index contributed by atoms with van der Waals surface area (Å²) in [5, 5.41) is 9.20. The molecule has 0 saturated heterocycles. The van der Waals surface area contributed by atoms with Gasteiger partial charge in [-0.15, -0.1) is 0 Å². The van der Waals surface area contributed by atoms with E-state index in [9.17, 15) is 5.11 Å². The van der Waals surface area contributed by atoms with E-state index in [1.807, 2.05) is 6.07 Å². The van der Waals surface area contributed by atoms with Gasteiger partial charge in [0.25, 0.3) is 0 Å². The Bertz CT molecular complexity index is 425. The number of aliphatic hydroxyl groups is 1. The minimum absolute atomic E-state index is 0.0155. The summed E-state index contributed by atoms with van der Waals surface area (Å²) in [6, 6.07) is 1.93. The predicted octanol–water partition coefficient (Wildman–Crippen LogP) is 1.45. The Labute approximate surface area is 88.0 Å². The number of hydrogen-bond acceptors (Lipinski definition) is 3. The number of aliphatic hydroxyl groups excluding tert-OH is 1. The van der Waals surface area contributed by atoms with E-state index in [0.717, 1.165) is 16.8 Å². The molecule has 0 saturated carbocycles. The van der Waals surface area contributed by atoms with Crippen LogP contribution in [0.2, 0.25) is 0 Å². The second-order valence-corrected chi connectivity index (χ2v) is 3.46. The second kappa shape index (κ2) is 4.23. The van der Waals surface area contributed by atoms with Gasteiger partial charge in [-0.25, -0.2) is 4.98 Å². The van der Waals surface area contributed by atoms with Crippen molar-refractivity contribution in [2.24, 2.45) is 0 Å². The van der Waals surface area contributed by atoms with E-state index >= 15 is 0 Å². The molecule has 0 amide bonds. The smallest absolute Gasteiger partial charge is 0.0921 e. The molecule has 15 heavy (non-hydrogen) atoms. The molecule has 0 aliphatic rings. The van der Waals surface area contributed by atoms with Gasteiger partial charge >= 0.3 is 0 Å². The third-order valence-electron chi connectivity index (χ3n) is 2.56. The van der Waals surface area contributed by atoms with Gasteiger partial charge in [0.1, 0.15) is 0 Å². The summed E-state index contributed by atoms with van der Waals surface area (Å²) in [5.41, 5.74) is 2.98. The van der Waals surface area contributed by atoms with E-state index in [1.54, 1.807) is 24.9 Å². The van der Waals surface area contributed by atoms with Gasteiger partial charge in [0.2, 0.25) is 0 Å². The lowest BCUT2D eigenvalue weighted by Gasteiger charge is -2.12. The molecule has 4 heteroatoms. The maximum Gasteiger partial charge on any atom is 0.0921 e. The van der Waals surface area contributed by atoms with Crippen LogP contribution in [0.1, 0.15) is 29.7 Å². The average molecular weight is 203 g/mol. The molecule has 0 bridgehead atoms. The summed E-state index contributed by atoms with van der Waals surface area (Å²) in [6.45, 7) is 2.09. The highest BCUT2D eigenvalue weighted by molar-refractivity contribution is 5.31. The quantitative estimate of drug-likeness (QED) is 0.793. The molecule has 2 aromatic rings. The maximum absolute atomic E-state index is 9.20. The van der Waals surface area contributed by atoms with Crippen LogP contribution < -0.4 is 0 Å². The van der Waals surface area contributed by atoms with Crippen molar-refractivity contribution in [2.45, 2.75) is 19.4 Å². The van der Waals surface area contributed by atoms with Crippen LogP contribution in [0.3, 0.4) is 0 Å². The molecular formula is C11H13N3O. The zero-order chi connectivity index (χ0) is 10.7. The van der Waals surface area contributed by atoms with Crippen molar-refractivity contribution in [2.75, 3.05) is 0 Å². The number of H-pyrrole nitrogens is 1. The zero-order valence-electron chi connectivity index (χ0n) is 8.51. The Morgan fingerprint density at radius 3 is 2.93 bits per heavy atom. The molecule has 0 unspecified atom stereocenters. The molecule has 0 spiro atoms. The van der Waals surface area contributed by atoms with Crippen molar-refractivity contribution < 1.29 is 5.11 Å². The maximum atomic E-state index is 9.20. The molecule has 2 rings (SSSR count). The first kappa shape index (κ1) is 9.86. The molecule has 0 radical (unpaired) electrons. The summed E-state index contributed by atoms with van der Waals surface area (Å²) >= 11 is 0. The summed E-state index contributed by atoms with van der Waals surface area (Å²) in [6.07, 6.45) is 6.89. The van der Waals surface area contributed by atoms with Crippen molar-refractivity contribution in [1.29, 1.82) is 0 Å². The topological polar surface area (TPSA) is 61.8 Å². The van der Waals surface area contributed by atoms with Gasteiger partial charge in [-0.2, -0.15) is 0 Å². The molecule has 0 fully saturated rings. The lowest BCUT2D eigenvalue weighted by Crippen LogP contribution is -2.02. The first-order chi connectivity index (χ1) is 7.33. The van der Waals surface area contributed by atoms with Crippen molar-refractivity contribution in [3.05, 3.63) is 47.8 Å². The molecule has 0 aliphatic carbocycles. The third-order valence-corrected chi connectivity index (χ3v) is 2.56. The molecular weight excluding hydrogens is 190 g/mol. The van der Waals surface area contributed by atoms with E-state index in [0.29, 0.717) is 0 Å². The lowest BCUT2D eigenvalue weighted by atomic mass is 9.95. The highest BCUT2D eigenvalue weighted by Crippen LogP contribution is 2.24. The van der Waals surface area contributed by atoms with Crippen LogP contribution >= 0.6 is 0 Å². The Morgan fingerprint density at radius 1 is 1.40 bits per heavy atom. The molecule has 2 N–H and O–H groups in total. The minimum Gasteiger partial charge on any atom is -0.392 e. The van der Waals surface area contributed by atoms with Gasteiger partial charge < -0.3 is 10.1 Å². The number of hydrogen-bond donors (Lipinski definition) is 2. The fourth-order valence-electron chi connectivity index (χ4n) is 1.66. The number of nitrogens with one attached hydrogen (secondary N) is 1. The third kappa shape index (κ3) is 1.89. The Morgan fingerprint density at radius 2 is 2.27 bits per heavy atom. The highest BCUT2D eigenvalue weighted by Gasteiger charge is 2.12. The normalized spacial score (nSPS) is 12.7. The van der Waals surface area contributed by atoms with Crippen molar-refractivity contribution in [3.8, 4) is 0 Å². The van der Waals surface area contributed by atoms with Gasteiger partial charge in [-0.05, 0) is 17.2 Å². The van der Waals surface area contributed by atoms with Crippen LogP contribution in [0.15, 0.2) is 31.0 Å². The van der Waals surface area contributed by atoms with Gasteiger partial charge in [-0.3, -0.25) is 4.98 Å². The van der Waals surface area contributed by atoms with E-state index in [2.05, 4.69) is 21.9 Å². The first-order valence-corrected chi connectivity index (χ1v) is 4.85. The number of nitrogens with zero attached hydrogens (tertiary/aromatic N) is 2. The fraction of sp³-hybridized carbons (Fsp3) is 0.273. The van der Waals surface area contributed by atoms with Crippen LogP contribution in [0, 0.1) is 0 Å². The van der Waals surface area contributed by atoms with Crippen molar-refractivity contribution in [3.63, 3.8) is 0 Å². The standard InChI is InChI=1S/C11H13N3O/c1-8(11-5-13-7-14-11)10-2-3-12-4-9(10)6-15/h2-5,7-8,15H,6H2,1H3,(H,13,14)/t8-/m0/s1. The van der Waals surface area contributed by atoms with Gasteiger partial charge in [0.15, 0.2) is 0 Å². The van der Waals surface area contributed by atoms with Crippen LogP contribution in [0.25, 0.3) is 0 Å². The van der Waals surface area contributed by atoms with Crippen LogP contribution in [-0.2, 0) is 6.61 Å². The Balaban J connectivity index is 2.37. The molecule has 0 aliphatic heterocycles. The largest absolute Gasteiger partial charge is 0.392 e. The molecule has 0 aromatic carbocycles. The summed E-state index contributed by atoms with van der Waals surface area (Å²) < 4.78 is 0. The summed E-state index contributed by atoms with van der Waals surface area (Å²) in [4.78, 5) is 11.1. The fourth-order valence-corrected chi connectivity index (χ4v) is 1.66. The number of aromatic nitrogens is 3. The summed E-state index contributed by atoms with van der Waals surface area (Å²) in [7, 11) is 0. The molecule has 1 atom stereocenters. The Kier molecular flexibility index (Phi) is 2.78. The van der Waals surface area contributed by atoms with Crippen molar-refractivity contribution in [1.82, 2.24) is 15.0 Å². The minimum atomic E-state index is 0.0155. The lowest BCUT2D eigenvalue weighted by molar-refractivity contribution is 0.280. The van der Waals surface area contributed by atoms with Crippen LogP contribution in [-0.4, -0.2) is 20.1 Å². The molecule has 2 aromatic heterocycles. The van der Waals surface area contributed by atoms with E-state index in [-0.39, 0.29) is 12.5 Å². The first-order valence-electron chi connectivity index (χ1n) is 4.85. The molecule has 78 valence electrons.